The second kappa shape index (κ2) is 5.29. The first-order valence-electron chi connectivity index (χ1n) is 7.18. The zero-order chi connectivity index (χ0) is 14.1. The maximum Gasteiger partial charge on any atom is 0.253 e. The smallest absolute Gasteiger partial charge is 0.253 e. The van der Waals surface area contributed by atoms with Crippen LogP contribution in [-0.2, 0) is 0 Å². The van der Waals surface area contributed by atoms with Gasteiger partial charge in [-0.1, -0.05) is 0 Å². The van der Waals surface area contributed by atoms with Crippen molar-refractivity contribution in [3.63, 3.8) is 0 Å². The van der Waals surface area contributed by atoms with E-state index in [-0.39, 0.29) is 5.91 Å². The third-order valence-electron chi connectivity index (χ3n) is 4.30. The number of rotatable bonds is 3. The number of nitrogens with zero attached hydrogens (tertiary/aromatic N) is 2. The van der Waals surface area contributed by atoms with Crippen LogP contribution < -0.4 is 0 Å². The van der Waals surface area contributed by atoms with Crippen molar-refractivity contribution in [1.29, 1.82) is 0 Å². The molecule has 1 N–H and O–H groups in total. The van der Waals surface area contributed by atoms with Gasteiger partial charge < -0.3 is 14.8 Å². The van der Waals surface area contributed by atoms with Gasteiger partial charge in [-0.25, -0.2) is 0 Å². The Balaban J connectivity index is 1.73. The van der Waals surface area contributed by atoms with Gasteiger partial charge in [-0.05, 0) is 50.7 Å². The minimum atomic E-state index is 0.105. The number of nitrogens with one attached hydrogen (secondary N) is 1. The van der Waals surface area contributed by atoms with E-state index >= 15 is 0 Å². The summed E-state index contributed by atoms with van der Waals surface area (Å²) in [4.78, 5) is 19.8. The molecule has 1 aliphatic rings. The van der Waals surface area contributed by atoms with Gasteiger partial charge in [-0.2, -0.15) is 0 Å². The molecule has 2 aromatic rings. The largest absolute Gasteiger partial charge is 0.361 e. The minimum absolute atomic E-state index is 0.105. The summed E-state index contributed by atoms with van der Waals surface area (Å²) in [5, 5.41) is 1.09. The molecule has 0 aliphatic carbocycles. The summed E-state index contributed by atoms with van der Waals surface area (Å²) in [6, 6.07) is 8.33. The quantitative estimate of drug-likeness (QED) is 0.930. The van der Waals surface area contributed by atoms with E-state index in [0.29, 0.717) is 6.04 Å². The highest BCUT2D eigenvalue weighted by Crippen LogP contribution is 2.18. The predicted molar refractivity (Wildman–Crippen MR) is 80.9 cm³/mol. The monoisotopic (exact) mass is 271 g/mol. The normalized spacial score (nSPS) is 19.6. The average molecular weight is 271 g/mol. The molecule has 1 saturated heterocycles. The molecule has 0 radical (unpaired) electrons. The summed E-state index contributed by atoms with van der Waals surface area (Å²) in [6.45, 7) is 1.95. The fourth-order valence-electron chi connectivity index (χ4n) is 3.02. The standard InChI is InChI=1S/C16H21N3O/c1-18-9-3-4-14(18)11-19(2)16(20)13-5-6-15-12(10-13)7-8-17-15/h5-8,10,14,17H,3-4,9,11H2,1-2H3. The van der Waals surface area contributed by atoms with Crippen molar-refractivity contribution in [3.8, 4) is 0 Å². The number of likely N-dealkylation sites (N-methyl/N-ethyl adjacent to an activating group) is 2. The molecule has 0 spiro atoms. The minimum Gasteiger partial charge on any atom is -0.361 e. The van der Waals surface area contributed by atoms with Crippen molar-refractivity contribution in [2.75, 3.05) is 27.2 Å². The predicted octanol–water partition coefficient (Wildman–Crippen LogP) is 2.33. The van der Waals surface area contributed by atoms with Crippen molar-refractivity contribution in [1.82, 2.24) is 14.8 Å². The fourth-order valence-corrected chi connectivity index (χ4v) is 3.02. The number of hydrogen-bond donors (Lipinski definition) is 1. The molecule has 1 aromatic carbocycles. The summed E-state index contributed by atoms with van der Waals surface area (Å²) in [5.41, 5.74) is 1.83. The SMILES string of the molecule is CN(CC1CCCN1C)C(=O)c1ccc2[nH]ccc2c1. The number of carbonyl (C=O) groups is 1. The number of fused-ring (bicyclic) bond motifs is 1. The van der Waals surface area contributed by atoms with Crippen LogP contribution in [-0.4, -0.2) is 53.9 Å². The van der Waals surface area contributed by atoms with E-state index in [1.165, 1.54) is 12.8 Å². The lowest BCUT2D eigenvalue weighted by Crippen LogP contribution is -2.39. The summed E-state index contributed by atoms with van der Waals surface area (Å²) in [6.07, 6.45) is 4.32. The van der Waals surface area contributed by atoms with E-state index in [9.17, 15) is 4.79 Å². The van der Waals surface area contributed by atoms with E-state index in [0.717, 1.165) is 29.6 Å². The van der Waals surface area contributed by atoms with Gasteiger partial charge in [0.15, 0.2) is 0 Å². The number of likely N-dealkylation sites (tertiary alicyclic amines) is 1. The average Bonchev–Trinajstić information content (AvgIpc) is 3.06. The van der Waals surface area contributed by atoms with Crippen molar-refractivity contribution in [2.24, 2.45) is 0 Å². The fraction of sp³-hybridized carbons (Fsp3) is 0.438. The highest BCUT2D eigenvalue weighted by atomic mass is 16.2. The molecule has 106 valence electrons. The number of carbonyl (C=O) groups excluding carboxylic acids is 1. The first kappa shape index (κ1) is 13.2. The highest BCUT2D eigenvalue weighted by molar-refractivity contribution is 5.97. The third-order valence-corrected chi connectivity index (χ3v) is 4.30. The lowest BCUT2D eigenvalue weighted by molar-refractivity contribution is 0.0761. The van der Waals surface area contributed by atoms with Gasteiger partial charge in [0, 0.05) is 42.3 Å². The van der Waals surface area contributed by atoms with Gasteiger partial charge in [0.25, 0.3) is 5.91 Å². The lowest BCUT2D eigenvalue weighted by atomic mass is 10.1. The van der Waals surface area contributed by atoms with Crippen LogP contribution in [0.1, 0.15) is 23.2 Å². The number of hydrogen-bond acceptors (Lipinski definition) is 2. The van der Waals surface area contributed by atoms with E-state index < -0.39 is 0 Å². The Bertz CT molecular complexity index is 619. The van der Waals surface area contributed by atoms with Crippen LogP contribution in [0.3, 0.4) is 0 Å². The van der Waals surface area contributed by atoms with Crippen LogP contribution in [0.15, 0.2) is 30.5 Å². The number of benzene rings is 1. The van der Waals surface area contributed by atoms with Crippen LogP contribution in [0, 0.1) is 0 Å². The van der Waals surface area contributed by atoms with Crippen molar-refractivity contribution in [3.05, 3.63) is 36.0 Å². The van der Waals surface area contributed by atoms with Crippen molar-refractivity contribution in [2.45, 2.75) is 18.9 Å². The molecule has 3 rings (SSSR count). The Hall–Kier alpha value is -1.81. The molecule has 0 saturated carbocycles. The first-order chi connectivity index (χ1) is 9.65. The van der Waals surface area contributed by atoms with Crippen LogP contribution in [0.4, 0.5) is 0 Å². The number of aromatic amines is 1. The Labute approximate surface area is 119 Å². The molecule has 1 amide bonds. The Morgan fingerprint density at radius 3 is 3.05 bits per heavy atom. The lowest BCUT2D eigenvalue weighted by Gasteiger charge is -2.26. The molecule has 20 heavy (non-hydrogen) atoms. The first-order valence-corrected chi connectivity index (χ1v) is 7.18. The highest BCUT2D eigenvalue weighted by Gasteiger charge is 2.24. The molecule has 1 unspecified atom stereocenters. The molecule has 1 fully saturated rings. The van der Waals surface area contributed by atoms with Crippen LogP contribution in [0.5, 0.6) is 0 Å². The number of H-pyrrole nitrogens is 1. The Morgan fingerprint density at radius 1 is 1.45 bits per heavy atom. The molecule has 0 bridgehead atoms. The zero-order valence-corrected chi connectivity index (χ0v) is 12.1. The second-order valence-electron chi connectivity index (χ2n) is 5.74. The molecule has 1 aliphatic heterocycles. The van der Waals surface area contributed by atoms with Gasteiger partial charge in [-0.3, -0.25) is 4.79 Å². The Morgan fingerprint density at radius 2 is 2.30 bits per heavy atom. The van der Waals surface area contributed by atoms with E-state index in [1.54, 1.807) is 0 Å². The van der Waals surface area contributed by atoms with E-state index in [1.807, 2.05) is 42.4 Å². The van der Waals surface area contributed by atoms with Crippen LogP contribution in [0.2, 0.25) is 0 Å². The summed E-state index contributed by atoms with van der Waals surface area (Å²) < 4.78 is 0. The van der Waals surface area contributed by atoms with Gasteiger partial charge in [-0.15, -0.1) is 0 Å². The maximum absolute atomic E-state index is 12.5. The van der Waals surface area contributed by atoms with Gasteiger partial charge >= 0.3 is 0 Å². The molecular weight excluding hydrogens is 250 g/mol. The molecule has 4 heteroatoms. The van der Waals surface area contributed by atoms with Crippen molar-refractivity contribution < 1.29 is 4.79 Å². The third kappa shape index (κ3) is 2.43. The number of aromatic nitrogens is 1. The summed E-state index contributed by atoms with van der Waals surface area (Å²) in [7, 11) is 4.04. The zero-order valence-electron chi connectivity index (χ0n) is 12.1. The van der Waals surface area contributed by atoms with Crippen LogP contribution >= 0.6 is 0 Å². The summed E-state index contributed by atoms with van der Waals surface area (Å²) in [5.74, 6) is 0.105. The number of amides is 1. The molecule has 2 heterocycles. The van der Waals surface area contributed by atoms with E-state index in [2.05, 4.69) is 16.9 Å². The topological polar surface area (TPSA) is 39.3 Å². The van der Waals surface area contributed by atoms with E-state index in [4.69, 9.17) is 0 Å². The van der Waals surface area contributed by atoms with Gasteiger partial charge in [0.1, 0.15) is 0 Å². The molecule has 1 atom stereocenters. The second-order valence-corrected chi connectivity index (χ2v) is 5.74. The molecule has 1 aromatic heterocycles. The maximum atomic E-state index is 12.5. The van der Waals surface area contributed by atoms with Crippen molar-refractivity contribution >= 4 is 16.8 Å². The van der Waals surface area contributed by atoms with Gasteiger partial charge in [0.2, 0.25) is 0 Å². The van der Waals surface area contributed by atoms with Crippen LogP contribution in [0.25, 0.3) is 10.9 Å². The summed E-state index contributed by atoms with van der Waals surface area (Å²) >= 11 is 0. The molecule has 4 nitrogen and oxygen atoms in total. The molecular formula is C16H21N3O. The Kier molecular flexibility index (Phi) is 3.49. The van der Waals surface area contributed by atoms with Gasteiger partial charge in [0.05, 0.1) is 0 Å².